The fourth-order valence-corrected chi connectivity index (χ4v) is 4.13. The lowest BCUT2D eigenvalue weighted by atomic mass is 9.85. The van der Waals surface area contributed by atoms with Gasteiger partial charge in [-0.15, -0.1) is 0 Å². The Morgan fingerprint density at radius 1 is 1.10 bits per heavy atom. The smallest absolute Gasteiger partial charge is 0.238 e. The first-order chi connectivity index (χ1) is 9.58. The van der Waals surface area contributed by atoms with E-state index < -0.39 is 0 Å². The van der Waals surface area contributed by atoms with Crippen molar-refractivity contribution in [2.45, 2.75) is 13.3 Å². The molecular weight excluding hydrogens is 274 g/mol. The fourth-order valence-electron chi connectivity index (χ4n) is 3.96. The fraction of sp³-hybridized carbons (Fsp3) is 0.375. The van der Waals surface area contributed by atoms with Gasteiger partial charge in [-0.3, -0.25) is 9.59 Å². The van der Waals surface area contributed by atoms with Crippen molar-refractivity contribution < 1.29 is 9.59 Å². The van der Waals surface area contributed by atoms with Gasteiger partial charge in [0, 0.05) is 5.02 Å². The lowest BCUT2D eigenvalue weighted by Gasteiger charge is -2.19. The van der Waals surface area contributed by atoms with Crippen molar-refractivity contribution in [2.75, 3.05) is 4.90 Å². The normalized spacial score (nSPS) is 34.2. The molecule has 1 aromatic carbocycles. The standard InChI is InChI=1S/C16H14ClNO2/c1-8-2-5-11(17)7-12(8)18-15(19)13-9-3-4-10(6-9)14(13)16(18)20/h2-5,7,9-10,13-14H,6H2,1H3. The van der Waals surface area contributed by atoms with E-state index in [2.05, 4.69) is 12.2 Å². The van der Waals surface area contributed by atoms with Crippen molar-refractivity contribution in [3.8, 4) is 0 Å². The van der Waals surface area contributed by atoms with Gasteiger partial charge in [0.1, 0.15) is 0 Å². The van der Waals surface area contributed by atoms with Crippen molar-refractivity contribution in [3.63, 3.8) is 0 Å². The molecule has 0 radical (unpaired) electrons. The third kappa shape index (κ3) is 1.41. The number of halogens is 1. The highest BCUT2D eigenvalue weighted by atomic mass is 35.5. The summed E-state index contributed by atoms with van der Waals surface area (Å²) in [5, 5.41) is 0.546. The van der Waals surface area contributed by atoms with Crippen molar-refractivity contribution >= 4 is 29.1 Å². The molecule has 2 fully saturated rings. The zero-order chi connectivity index (χ0) is 14.0. The van der Waals surface area contributed by atoms with Crippen LogP contribution in [0, 0.1) is 30.6 Å². The van der Waals surface area contributed by atoms with Gasteiger partial charge in [0.25, 0.3) is 0 Å². The highest BCUT2D eigenvalue weighted by Crippen LogP contribution is 2.53. The maximum atomic E-state index is 12.7. The SMILES string of the molecule is Cc1ccc(Cl)cc1N1C(=O)C2C3C=CC(C3)C2C1=O. The number of hydrogen-bond donors (Lipinski definition) is 0. The average Bonchev–Trinajstić information content (AvgIpc) is 3.08. The molecule has 0 N–H and O–H groups in total. The number of rotatable bonds is 1. The summed E-state index contributed by atoms with van der Waals surface area (Å²) in [7, 11) is 0. The van der Waals surface area contributed by atoms with Gasteiger partial charge in [0.15, 0.2) is 0 Å². The first-order valence-corrected chi connectivity index (χ1v) is 7.28. The molecule has 3 aliphatic rings. The zero-order valence-corrected chi connectivity index (χ0v) is 11.8. The molecule has 1 aromatic rings. The van der Waals surface area contributed by atoms with Crippen LogP contribution in [-0.2, 0) is 9.59 Å². The topological polar surface area (TPSA) is 37.4 Å². The minimum absolute atomic E-state index is 0.0535. The molecule has 102 valence electrons. The van der Waals surface area contributed by atoms with Crippen molar-refractivity contribution in [1.29, 1.82) is 0 Å². The molecule has 1 heterocycles. The molecule has 3 nitrogen and oxygen atoms in total. The van der Waals surface area contributed by atoms with Crippen LogP contribution in [0.3, 0.4) is 0 Å². The molecule has 2 bridgehead atoms. The summed E-state index contributed by atoms with van der Waals surface area (Å²) in [5.41, 5.74) is 1.54. The van der Waals surface area contributed by atoms with E-state index in [1.54, 1.807) is 12.1 Å². The Hall–Kier alpha value is -1.61. The van der Waals surface area contributed by atoms with Crippen LogP contribution in [0.15, 0.2) is 30.4 Å². The predicted molar refractivity (Wildman–Crippen MR) is 76.4 cm³/mol. The zero-order valence-electron chi connectivity index (χ0n) is 11.0. The number of anilines is 1. The second kappa shape index (κ2) is 3.95. The summed E-state index contributed by atoms with van der Waals surface area (Å²) >= 11 is 6.02. The van der Waals surface area contributed by atoms with Gasteiger partial charge in [-0.05, 0) is 42.9 Å². The molecular formula is C16H14ClNO2. The largest absolute Gasteiger partial charge is 0.274 e. The van der Waals surface area contributed by atoms with Crippen LogP contribution in [0.1, 0.15) is 12.0 Å². The lowest BCUT2D eigenvalue weighted by Crippen LogP contribution is -2.33. The number of fused-ring (bicyclic) bond motifs is 5. The quantitative estimate of drug-likeness (QED) is 0.588. The van der Waals surface area contributed by atoms with Crippen LogP contribution in [0.4, 0.5) is 5.69 Å². The third-order valence-electron chi connectivity index (χ3n) is 4.88. The lowest BCUT2D eigenvalue weighted by molar-refractivity contribution is -0.123. The van der Waals surface area contributed by atoms with Crippen LogP contribution in [-0.4, -0.2) is 11.8 Å². The monoisotopic (exact) mass is 287 g/mol. The summed E-state index contributed by atoms with van der Waals surface area (Å²) < 4.78 is 0. The van der Waals surface area contributed by atoms with E-state index >= 15 is 0 Å². The average molecular weight is 288 g/mol. The number of imide groups is 1. The van der Waals surface area contributed by atoms with Crippen LogP contribution in [0.2, 0.25) is 5.02 Å². The number of benzene rings is 1. The molecule has 4 unspecified atom stereocenters. The second-order valence-electron chi connectivity index (χ2n) is 5.94. The van der Waals surface area contributed by atoms with Crippen LogP contribution in [0.25, 0.3) is 0 Å². The van der Waals surface area contributed by atoms with E-state index in [9.17, 15) is 9.59 Å². The van der Waals surface area contributed by atoms with Crippen molar-refractivity contribution in [3.05, 3.63) is 40.9 Å². The molecule has 2 amide bonds. The van der Waals surface area contributed by atoms with E-state index in [1.165, 1.54) is 4.90 Å². The molecule has 0 aromatic heterocycles. The Labute approximate surface area is 122 Å². The molecule has 1 aliphatic heterocycles. The number of carbonyl (C=O) groups is 2. The van der Waals surface area contributed by atoms with Crippen LogP contribution >= 0.6 is 11.6 Å². The molecule has 20 heavy (non-hydrogen) atoms. The highest BCUT2D eigenvalue weighted by Gasteiger charge is 2.59. The maximum absolute atomic E-state index is 12.7. The molecule has 4 atom stereocenters. The third-order valence-corrected chi connectivity index (χ3v) is 5.12. The number of allylic oxidation sites excluding steroid dienone is 2. The van der Waals surface area contributed by atoms with E-state index in [0.717, 1.165) is 12.0 Å². The molecule has 1 saturated carbocycles. The number of aryl methyl sites for hydroxylation is 1. The number of hydrogen-bond acceptors (Lipinski definition) is 2. The van der Waals surface area contributed by atoms with Gasteiger partial charge in [-0.1, -0.05) is 29.8 Å². The first-order valence-electron chi connectivity index (χ1n) is 6.90. The molecule has 4 rings (SSSR count). The predicted octanol–water partition coefficient (Wildman–Crippen LogP) is 2.96. The maximum Gasteiger partial charge on any atom is 0.238 e. The van der Waals surface area contributed by atoms with Gasteiger partial charge < -0.3 is 0 Å². The minimum atomic E-state index is -0.157. The molecule has 4 heteroatoms. The summed E-state index contributed by atoms with van der Waals surface area (Å²) in [6.07, 6.45) is 5.16. The summed E-state index contributed by atoms with van der Waals surface area (Å²) in [6.45, 7) is 1.90. The Balaban J connectivity index is 1.80. The second-order valence-corrected chi connectivity index (χ2v) is 6.38. The molecule has 1 saturated heterocycles. The minimum Gasteiger partial charge on any atom is -0.274 e. The van der Waals surface area contributed by atoms with E-state index in [-0.39, 0.29) is 35.5 Å². The van der Waals surface area contributed by atoms with E-state index in [4.69, 9.17) is 11.6 Å². The van der Waals surface area contributed by atoms with Gasteiger partial charge in [0.05, 0.1) is 17.5 Å². The Morgan fingerprint density at radius 2 is 1.70 bits per heavy atom. The number of nitrogens with zero attached hydrogens (tertiary/aromatic N) is 1. The number of amides is 2. The van der Waals surface area contributed by atoms with Gasteiger partial charge >= 0.3 is 0 Å². The summed E-state index contributed by atoms with van der Waals surface area (Å²) in [5.74, 6) is 0.0630. The first kappa shape index (κ1) is 12.2. The van der Waals surface area contributed by atoms with Crippen molar-refractivity contribution in [1.82, 2.24) is 0 Å². The Bertz CT molecular complexity index is 636. The van der Waals surface area contributed by atoms with Gasteiger partial charge in [-0.2, -0.15) is 0 Å². The van der Waals surface area contributed by atoms with Crippen LogP contribution < -0.4 is 4.90 Å². The van der Waals surface area contributed by atoms with Crippen LogP contribution in [0.5, 0.6) is 0 Å². The van der Waals surface area contributed by atoms with Gasteiger partial charge in [-0.25, -0.2) is 4.90 Å². The Morgan fingerprint density at radius 3 is 2.30 bits per heavy atom. The van der Waals surface area contributed by atoms with E-state index in [1.807, 2.05) is 13.0 Å². The molecule has 2 aliphatic carbocycles. The van der Waals surface area contributed by atoms with E-state index in [0.29, 0.717) is 10.7 Å². The van der Waals surface area contributed by atoms with Crippen molar-refractivity contribution in [2.24, 2.45) is 23.7 Å². The summed E-state index contributed by atoms with van der Waals surface area (Å²) in [6, 6.07) is 5.33. The summed E-state index contributed by atoms with van der Waals surface area (Å²) in [4.78, 5) is 26.7. The highest BCUT2D eigenvalue weighted by molar-refractivity contribution is 6.31. The van der Waals surface area contributed by atoms with Gasteiger partial charge in [0.2, 0.25) is 11.8 Å². The Kier molecular flexibility index (Phi) is 2.40. The molecule has 0 spiro atoms. The number of carbonyl (C=O) groups excluding carboxylic acids is 2.